The summed E-state index contributed by atoms with van der Waals surface area (Å²) in [5, 5.41) is 11.0. The van der Waals surface area contributed by atoms with Crippen molar-refractivity contribution in [2.75, 3.05) is 6.54 Å². The zero-order valence-corrected chi connectivity index (χ0v) is 9.77. The number of nitrogens with zero attached hydrogens (tertiary/aromatic N) is 1. The summed E-state index contributed by atoms with van der Waals surface area (Å²) < 4.78 is 0. The van der Waals surface area contributed by atoms with Gasteiger partial charge in [-0.15, -0.1) is 0 Å². The molecule has 0 fully saturated rings. The minimum atomic E-state index is 0.708. The van der Waals surface area contributed by atoms with Crippen LogP contribution in [0.4, 0.5) is 0 Å². The van der Waals surface area contributed by atoms with Gasteiger partial charge in [-0.05, 0) is 43.7 Å². The highest BCUT2D eigenvalue weighted by Crippen LogP contribution is 2.21. The van der Waals surface area contributed by atoms with Crippen LogP contribution in [-0.4, -0.2) is 16.7 Å². The molecule has 0 saturated carbocycles. The van der Waals surface area contributed by atoms with Crippen molar-refractivity contribution < 1.29 is 0 Å². The Morgan fingerprint density at radius 2 is 2.13 bits per heavy atom. The van der Waals surface area contributed by atoms with Crippen molar-refractivity contribution in [1.82, 2.24) is 15.5 Å². The Labute approximate surface area is 91.7 Å². The first kappa shape index (κ1) is 10.7. The lowest BCUT2D eigenvalue weighted by molar-refractivity contribution is 0.545. The van der Waals surface area contributed by atoms with Gasteiger partial charge in [-0.1, -0.05) is 13.8 Å². The maximum atomic E-state index is 4.41. The van der Waals surface area contributed by atoms with Crippen LogP contribution in [0.25, 0.3) is 0 Å². The van der Waals surface area contributed by atoms with Gasteiger partial charge in [0.2, 0.25) is 0 Å². The molecule has 0 bridgehead atoms. The van der Waals surface area contributed by atoms with Crippen LogP contribution in [0.5, 0.6) is 0 Å². The average Bonchev–Trinajstić information content (AvgIpc) is 2.62. The van der Waals surface area contributed by atoms with Crippen molar-refractivity contribution in [1.29, 1.82) is 0 Å². The number of rotatable bonds is 4. The largest absolute Gasteiger partial charge is 0.311 e. The van der Waals surface area contributed by atoms with Crippen molar-refractivity contribution in [3.8, 4) is 0 Å². The van der Waals surface area contributed by atoms with Crippen molar-refractivity contribution in [2.24, 2.45) is 5.92 Å². The fourth-order valence-corrected chi connectivity index (χ4v) is 2.18. The summed E-state index contributed by atoms with van der Waals surface area (Å²) in [6.45, 7) is 6.45. The Kier molecular flexibility index (Phi) is 3.41. The third-order valence-electron chi connectivity index (χ3n) is 2.99. The van der Waals surface area contributed by atoms with Crippen LogP contribution in [0.15, 0.2) is 0 Å². The van der Waals surface area contributed by atoms with Crippen LogP contribution in [0.1, 0.15) is 43.6 Å². The van der Waals surface area contributed by atoms with Crippen LogP contribution in [-0.2, 0) is 19.4 Å². The topological polar surface area (TPSA) is 40.7 Å². The first-order chi connectivity index (χ1) is 7.27. The van der Waals surface area contributed by atoms with E-state index in [1.807, 2.05) is 0 Å². The maximum Gasteiger partial charge on any atom is 0.0794 e. The summed E-state index contributed by atoms with van der Waals surface area (Å²) in [7, 11) is 0. The normalized spacial score (nSPS) is 15.7. The molecule has 0 atom stereocenters. The number of aryl methyl sites for hydroxylation is 1. The Morgan fingerprint density at radius 3 is 2.93 bits per heavy atom. The first-order valence-electron chi connectivity index (χ1n) is 6.03. The van der Waals surface area contributed by atoms with E-state index in [9.17, 15) is 0 Å². The van der Waals surface area contributed by atoms with Crippen LogP contribution in [0.2, 0.25) is 0 Å². The van der Waals surface area contributed by atoms with Crippen molar-refractivity contribution in [2.45, 2.75) is 46.1 Å². The molecule has 0 spiro atoms. The van der Waals surface area contributed by atoms with E-state index in [1.54, 1.807) is 0 Å². The number of aromatic amines is 1. The number of nitrogens with one attached hydrogen (secondary N) is 2. The summed E-state index contributed by atoms with van der Waals surface area (Å²) in [6.07, 6.45) is 5.04. The van der Waals surface area contributed by atoms with Crippen molar-refractivity contribution in [3.63, 3.8) is 0 Å². The molecular formula is C12H21N3. The molecule has 3 heteroatoms. The Hall–Kier alpha value is -0.830. The smallest absolute Gasteiger partial charge is 0.0794 e. The molecule has 0 saturated heterocycles. The first-order valence-corrected chi connectivity index (χ1v) is 6.03. The van der Waals surface area contributed by atoms with Gasteiger partial charge in [0.05, 0.1) is 5.69 Å². The molecule has 0 radical (unpaired) electrons. The van der Waals surface area contributed by atoms with E-state index < -0.39 is 0 Å². The second kappa shape index (κ2) is 4.79. The average molecular weight is 207 g/mol. The molecule has 1 heterocycles. The second-order valence-electron chi connectivity index (χ2n) is 4.86. The third kappa shape index (κ3) is 2.59. The highest BCUT2D eigenvalue weighted by molar-refractivity contribution is 5.27. The van der Waals surface area contributed by atoms with Gasteiger partial charge in [-0.2, -0.15) is 5.10 Å². The lowest BCUT2D eigenvalue weighted by Gasteiger charge is -2.12. The highest BCUT2D eigenvalue weighted by atomic mass is 15.1. The van der Waals surface area contributed by atoms with Crippen LogP contribution in [0.3, 0.4) is 0 Å². The van der Waals surface area contributed by atoms with E-state index in [4.69, 9.17) is 0 Å². The number of aromatic nitrogens is 2. The molecule has 2 rings (SSSR count). The molecule has 3 nitrogen and oxygen atoms in total. The minimum Gasteiger partial charge on any atom is -0.311 e. The molecular weight excluding hydrogens is 186 g/mol. The monoisotopic (exact) mass is 207 g/mol. The minimum absolute atomic E-state index is 0.708. The summed E-state index contributed by atoms with van der Waals surface area (Å²) in [6, 6.07) is 0. The number of hydrogen-bond donors (Lipinski definition) is 2. The molecule has 1 aromatic rings. The Balaban J connectivity index is 1.94. The fraction of sp³-hybridized carbons (Fsp3) is 0.750. The quantitative estimate of drug-likeness (QED) is 0.793. The van der Waals surface area contributed by atoms with Gasteiger partial charge in [0, 0.05) is 12.2 Å². The molecule has 2 N–H and O–H groups in total. The van der Waals surface area contributed by atoms with Gasteiger partial charge in [-0.3, -0.25) is 5.10 Å². The lowest BCUT2D eigenvalue weighted by atomic mass is 9.96. The summed E-state index contributed by atoms with van der Waals surface area (Å²) in [5.41, 5.74) is 4.10. The highest BCUT2D eigenvalue weighted by Gasteiger charge is 2.15. The van der Waals surface area contributed by atoms with Crippen molar-refractivity contribution in [3.05, 3.63) is 17.0 Å². The summed E-state index contributed by atoms with van der Waals surface area (Å²) in [4.78, 5) is 0. The van der Waals surface area contributed by atoms with Gasteiger partial charge >= 0.3 is 0 Å². The van der Waals surface area contributed by atoms with E-state index in [2.05, 4.69) is 29.4 Å². The van der Waals surface area contributed by atoms with Gasteiger partial charge in [0.25, 0.3) is 0 Å². The molecule has 84 valence electrons. The van der Waals surface area contributed by atoms with Gasteiger partial charge in [0.1, 0.15) is 0 Å². The van der Waals surface area contributed by atoms with Gasteiger partial charge in [0.15, 0.2) is 0 Å². The zero-order chi connectivity index (χ0) is 10.7. The van der Waals surface area contributed by atoms with E-state index in [0.29, 0.717) is 5.92 Å². The summed E-state index contributed by atoms with van der Waals surface area (Å²) in [5.74, 6) is 0.708. The van der Waals surface area contributed by atoms with Crippen LogP contribution >= 0.6 is 0 Å². The maximum absolute atomic E-state index is 4.41. The third-order valence-corrected chi connectivity index (χ3v) is 2.99. The molecule has 0 aromatic carbocycles. The zero-order valence-electron chi connectivity index (χ0n) is 9.77. The van der Waals surface area contributed by atoms with E-state index in [1.165, 1.54) is 42.6 Å². The SMILES string of the molecule is CC(C)CNCc1n[nH]c2c1CCCC2. The standard InChI is InChI=1S/C12H21N3/c1-9(2)7-13-8-12-10-5-3-4-6-11(10)14-15-12/h9,13H,3-8H2,1-2H3,(H,14,15). The molecule has 1 aromatic heterocycles. The fourth-order valence-electron chi connectivity index (χ4n) is 2.18. The van der Waals surface area contributed by atoms with E-state index in [-0.39, 0.29) is 0 Å². The molecule has 0 aliphatic heterocycles. The molecule has 1 aliphatic rings. The molecule has 0 amide bonds. The number of fused-ring (bicyclic) bond motifs is 1. The molecule has 1 aliphatic carbocycles. The summed E-state index contributed by atoms with van der Waals surface area (Å²) >= 11 is 0. The van der Waals surface area contributed by atoms with Crippen LogP contribution in [0, 0.1) is 5.92 Å². The molecule has 0 unspecified atom stereocenters. The predicted octanol–water partition coefficient (Wildman–Crippen LogP) is 2.03. The Bertz CT molecular complexity index is 315. The van der Waals surface area contributed by atoms with Gasteiger partial charge < -0.3 is 5.32 Å². The van der Waals surface area contributed by atoms with Gasteiger partial charge in [-0.25, -0.2) is 0 Å². The number of H-pyrrole nitrogens is 1. The van der Waals surface area contributed by atoms with Crippen LogP contribution < -0.4 is 5.32 Å². The second-order valence-corrected chi connectivity index (χ2v) is 4.86. The van der Waals surface area contributed by atoms with E-state index >= 15 is 0 Å². The lowest BCUT2D eigenvalue weighted by Crippen LogP contribution is -2.20. The number of hydrogen-bond acceptors (Lipinski definition) is 2. The molecule has 15 heavy (non-hydrogen) atoms. The van der Waals surface area contributed by atoms with Crippen molar-refractivity contribution >= 4 is 0 Å². The predicted molar refractivity (Wildman–Crippen MR) is 61.8 cm³/mol. The van der Waals surface area contributed by atoms with E-state index in [0.717, 1.165) is 13.1 Å². The Morgan fingerprint density at radius 1 is 1.33 bits per heavy atom.